The van der Waals surface area contributed by atoms with Gasteiger partial charge in [-0.3, -0.25) is 4.79 Å². The fourth-order valence-electron chi connectivity index (χ4n) is 4.44. The predicted molar refractivity (Wildman–Crippen MR) is 104 cm³/mol. The zero-order chi connectivity index (χ0) is 18.3. The van der Waals surface area contributed by atoms with E-state index in [2.05, 4.69) is 23.7 Å². The molecule has 1 aliphatic heterocycles. The number of hydrogen-bond acceptors (Lipinski definition) is 4. The van der Waals surface area contributed by atoms with Crippen LogP contribution in [-0.2, 0) is 6.42 Å². The lowest BCUT2D eigenvalue weighted by molar-refractivity contribution is 0.0962. The second kappa shape index (κ2) is 6.99. The highest BCUT2D eigenvalue weighted by Crippen LogP contribution is 2.35. The van der Waals surface area contributed by atoms with Crippen LogP contribution in [0.1, 0.15) is 54.2 Å². The molecular weight excluding hydrogens is 346 g/mol. The Kier molecular flexibility index (Phi) is 4.70. The van der Waals surface area contributed by atoms with E-state index in [-0.39, 0.29) is 11.7 Å². The van der Waals surface area contributed by atoms with E-state index in [0.717, 1.165) is 41.7 Å². The van der Waals surface area contributed by atoms with Crippen LogP contribution in [0.4, 0.5) is 5.95 Å². The highest BCUT2D eigenvalue weighted by Gasteiger charge is 2.30. The number of rotatable bonds is 2. The maximum absolute atomic E-state index is 12.6. The maximum Gasteiger partial charge on any atom is 0.225 e. The monoisotopic (exact) mass is 369 g/mol. The van der Waals surface area contributed by atoms with Crippen molar-refractivity contribution in [3.8, 4) is 0 Å². The van der Waals surface area contributed by atoms with Crippen molar-refractivity contribution in [3.63, 3.8) is 0 Å². The smallest absolute Gasteiger partial charge is 0.225 e. The molecule has 2 aliphatic rings. The Morgan fingerprint density at radius 3 is 2.58 bits per heavy atom. The number of aromatic nitrogens is 2. The Balaban J connectivity index is 1.64. The molecule has 4 nitrogen and oxygen atoms in total. The van der Waals surface area contributed by atoms with Crippen LogP contribution in [-0.4, -0.2) is 28.8 Å². The van der Waals surface area contributed by atoms with E-state index in [9.17, 15) is 4.79 Å². The molecule has 1 fully saturated rings. The molecule has 0 saturated carbocycles. The third-order valence-corrected chi connectivity index (χ3v) is 5.87. The second-order valence-electron chi connectivity index (χ2n) is 7.93. The van der Waals surface area contributed by atoms with Gasteiger partial charge in [0.2, 0.25) is 5.95 Å². The summed E-state index contributed by atoms with van der Waals surface area (Å²) >= 11 is 6.37. The summed E-state index contributed by atoms with van der Waals surface area (Å²) in [5.41, 5.74) is 2.57. The molecule has 5 heteroatoms. The topological polar surface area (TPSA) is 46.1 Å². The van der Waals surface area contributed by atoms with Gasteiger partial charge in [0.25, 0.3) is 0 Å². The maximum atomic E-state index is 12.6. The van der Waals surface area contributed by atoms with Gasteiger partial charge in [0.1, 0.15) is 0 Å². The third-order valence-electron chi connectivity index (χ3n) is 5.52. The quantitative estimate of drug-likeness (QED) is 0.780. The summed E-state index contributed by atoms with van der Waals surface area (Å²) in [7, 11) is 0. The number of halogens is 1. The number of benzene rings is 1. The molecule has 1 saturated heterocycles. The summed E-state index contributed by atoms with van der Waals surface area (Å²) in [6.07, 6.45) is 4.18. The summed E-state index contributed by atoms with van der Waals surface area (Å²) in [5.74, 6) is 2.23. The average molecular weight is 370 g/mol. The van der Waals surface area contributed by atoms with E-state index in [1.54, 1.807) is 6.20 Å². The molecule has 3 atom stereocenters. The van der Waals surface area contributed by atoms with E-state index in [1.807, 2.05) is 24.3 Å². The van der Waals surface area contributed by atoms with E-state index in [1.165, 1.54) is 6.42 Å². The molecular formula is C21H24ClN3O. The molecule has 0 spiro atoms. The van der Waals surface area contributed by atoms with Crippen molar-refractivity contribution in [2.45, 2.75) is 39.0 Å². The highest BCUT2D eigenvalue weighted by molar-refractivity contribution is 6.31. The van der Waals surface area contributed by atoms with Crippen LogP contribution >= 0.6 is 11.6 Å². The van der Waals surface area contributed by atoms with Crippen molar-refractivity contribution in [2.75, 3.05) is 18.0 Å². The van der Waals surface area contributed by atoms with Crippen LogP contribution in [0.25, 0.3) is 0 Å². The summed E-state index contributed by atoms with van der Waals surface area (Å²) in [6.45, 7) is 6.51. The molecule has 2 heterocycles. The van der Waals surface area contributed by atoms with Crippen molar-refractivity contribution in [2.24, 2.45) is 11.8 Å². The van der Waals surface area contributed by atoms with Crippen LogP contribution in [0.3, 0.4) is 0 Å². The van der Waals surface area contributed by atoms with Gasteiger partial charge < -0.3 is 4.90 Å². The Morgan fingerprint density at radius 1 is 1.12 bits per heavy atom. The molecule has 2 aromatic rings. The van der Waals surface area contributed by atoms with Gasteiger partial charge in [0, 0.05) is 30.7 Å². The minimum atomic E-state index is 0.0886. The summed E-state index contributed by atoms with van der Waals surface area (Å²) < 4.78 is 0. The number of carbonyl (C=O) groups excluding carboxylic acids is 1. The molecule has 0 N–H and O–H groups in total. The zero-order valence-corrected chi connectivity index (χ0v) is 16.0. The number of carbonyl (C=O) groups is 1. The lowest BCUT2D eigenvalue weighted by Gasteiger charge is -2.35. The van der Waals surface area contributed by atoms with Gasteiger partial charge in [-0.25, -0.2) is 9.97 Å². The van der Waals surface area contributed by atoms with Crippen LogP contribution in [0.15, 0.2) is 30.5 Å². The number of fused-ring (bicyclic) bond motifs is 1. The SMILES string of the molecule is C[C@@H]1C[C@H](C)CN(c2ncc3c(n2)C[C@@H](c2ccccc2Cl)CC3=O)C1. The van der Waals surface area contributed by atoms with E-state index < -0.39 is 0 Å². The predicted octanol–water partition coefficient (Wildman–Crippen LogP) is 4.53. The Labute approximate surface area is 159 Å². The molecule has 0 radical (unpaired) electrons. The first kappa shape index (κ1) is 17.5. The standard InChI is InChI=1S/C21H24ClN3O/c1-13-7-14(2)12-25(11-13)21-23-10-17-19(24-21)8-15(9-20(17)26)16-5-3-4-6-18(16)22/h3-6,10,13-15H,7-9,11-12H2,1-2H3/t13-,14+,15-/m1/s1. The Hall–Kier alpha value is -1.94. The first-order chi connectivity index (χ1) is 12.5. The summed E-state index contributed by atoms with van der Waals surface area (Å²) in [4.78, 5) is 24.2. The molecule has 0 amide bonds. The molecule has 0 bridgehead atoms. The summed E-state index contributed by atoms with van der Waals surface area (Å²) in [6, 6.07) is 7.80. The number of ketones is 1. The number of piperidine rings is 1. The molecule has 136 valence electrons. The van der Waals surface area contributed by atoms with Gasteiger partial charge >= 0.3 is 0 Å². The van der Waals surface area contributed by atoms with Gasteiger partial charge in [-0.15, -0.1) is 0 Å². The van der Waals surface area contributed by atoms with Crippen molar-refractivity contribution in [1.29, 1.82) is 0 Å². The number of hydrogen-bond donors (Lipinski definition) is 0. The number of Topliss-reactive ketones (excluding diaryl/α,β-unsaturated/α-hetero) is 1. The van der Waals surface area contributed by atoms with Gasteiger partial charge in [-0.05, 0) is 42.2 Å². The lowest BCUT2D eigenvalue weighted by Crippen LogP contribution is -2.40. The normalized spacial score (nSPS) is 25.9. The minimum Gasteiger partial charge on any atom is -0.340 e. The van der Waals surface area contributed by atoms with Crippen molar-refractivity contribution >= 4 is 23.3 Å². The molecule has 0 unspecified atom stereocenters. The number of nitrogens with zero attached hydrogens (tertiary/aromatic N) is 3. The number of anilines is 1. The fourth-order valence-corrected chi connectivity index (χ4v) is 4.73. The molecule has 1 aromatic carbocycles. The van der Waals surface area contributed by atoms with Gasteiger partial charge in [-0.2, -0.15) is 0 Å². The van der Waals surface area contributed by atoms with Crippen molar-refractivity contribution < 1.29 is 4.79 Å². The van der Waals surface area contributed by atoms with Crippen molar-refractivity contribution in [1.82, 2.24) is 9.97 Å². The molecule has 1 aromatic heterocycles. The van der Waals surface area contributed by atoms with Crippen molar-refractivity contribution in [3.05, 3.63) is 52.3 Å². The molecule has 26 heavy (non-hydrogen) atoms. The van der Waals surface area contributed by atoms with Gasteiger partial charge in [0.05, 0.1) is 11.3 Å². The largest absolute Gasteiger partial charge is 0.340 e. The second-order valence-corrected chi connectivity index (χ2v) is 8.34. The first-order valence-electron chi connectivity index (χ1n) is 9.39. The first-order valence-corrected chi connectivity index (χ1v) is 9.77. The average Bonchev–Trinajstić information content (AvgIpc) is 2.60. The van der Waals surface area contributed by atoms with Gasteiger partial charge in [0.15, 0.2) is 5.78 Å². The van der Waals surface area contributed by atoms with E-state index >= 15 is 0 Å². The highest BCUT2D eigenvalue weighted by atomic mass is 35.5. The van der Waals surface area contributed by atoms with E-state index in [0.29, 0.717) is 23.8 Å². The fraction of sp³-hybridized carbons (Fsp3) is 0.476. The van der Waals surface area contributed by atoms with Crippen LogP contribution in [0.2, 0.25) is 5.02 Å². The minimum absolute atomic E-state index is 0.0886. The zero-order valence-electron chi connectivity index (χ0n) is 15.3. The van der Waals surface area contributed by atoms with Crippen LogP contribution < -0.4 is 4.90 Å². The van der Waals surface area contributed by atoms with Crippen LogP contribution in [0.5, 0.6) is 0 Å². The van der Waals surface area contributed by atoms with Gasteiger partial charge in [-0.1, -0.05) is 43.6 Å². The Bertz CT molecular complexity index is 828. The molecule has 4 rings (SSSR count). The third kappa shape index (κ3) is 3.35. The molecule has 1 aliphatic carbocycles. The lowest BCUT2D eigenvalue weighted by atomic mass is 9.82. The Morgan fingerprint density at radius 2 is 1.85 bits per heavy atom. The van der Waals surface area contributed by atoms with E-state index in [4.69, 9.17) is 16.6 Å². The summed E-state index contributed by atoms with van der Waals surface area (Å²) in [5, 5.41) is 0.724. The van der Waals surface area contributed by atoms with Crippen LogP contribution in [0, 0.1) is 11.8 Å².